The lowest BCUT2D eigenvalue weighted by Gasteiger charge is -2.20. The van der Waals surface area contributed by atoms with Crippen molar-refractivity contribution in [2.45, 2.75) is 78.2 Å². The van der Waals surface area contributed by atoms with Crippen LogP contribution >= 0.6 is 11.3 Å². The van der Waals surface area contributed by atoms with Crippen LogP contribution in [0, 0.1) is 11.8 Å². The zero-order valence-electron chi connectivity index (χ0n) is 19.7. The van der Waals surface area contributed by atoms with Crippen LogP contribution in [0.4, 0.5) is 5.00 Å². The molecule has 1 saturated carbocycles. The number of rotatable bonds is 8. The van der Waals surface area contributed by atoms with Gasteiger partial charge in [0.05, 0.1) is 12.2 Å². The van der Waals surface area contributed by atoms with Gasteiger partial charge in [-0.3, -0.25) is 14.4 Å². The number of nitrogens with one attached hydrogen (secondary N) is 2. The summed E-state index contributed by atoms with van der Waals surface area (Å²) in [5.41, 5.74) is 1.36. The molecule has 0 aliphatic heterocycles. The number of thiophene rings is 1. The molecule has 1 heterocycles. The Morgan fingerprint density at radius 1 is 1.12 bits per heavy atom. The molecule has 2 aliphatic carbocycles. The molecule has 33 heavy (non-hydrogen) atoms. The molecule has 2 aliphatic rings. The van der Waals surface area contributed by atoms with Crippen molar-refractivity contribution in [1.29, 1.82) is 0 Å². The van der Waals surface area contributed by atoms with E-state index in [0.29, 0.717) is 16.5 Å². The Bertz CT molecular complexity index is 890. The van der Waals surface area contributed by atoms with Crippen molar-refractivity contribution < 1.29 is 28.7 Å². The number of hydrogen-bond donors (Lipinski definition) is 2. The van der Waals surface area contributed by atoms with Crippen molar-refractivity contribution in [2.24, 2.45) is 11.8 Å². The molecule has 0 saturated heterocycles. The number of carbonyl (C=O) groups excluding carboxylic acids is 4. The van der Waals surface area contributed by atoms with E-state index in [-0.39, 0.29) is 25.0 Å². The highest BCUT2D eigenvalue weighted by Gasteiger charge is 2.30. The summed E-state index contributed by atoms with van der Waals surface area (Å²) in [7, 11) is 0. The Morgan fingerprint density at radius 2 is 1.85 bits per heavy atom. The summed E-state index contributed by atoms with van der Waals surface area (Å²) < 4.78 is 10.4. The molecule has 2 unspecified atom stereocenters. The van der Waals surface area contributed by atoms with Crippen LogP contribution in [0.15, 0.2) is 0 Å². The smallest absolute Gasteiger partial charge is 0.341 e. The summed E-state index contributed by atoms with van der Waals surface area (Å²) in [6.07, 6.45) is 6.40. The highest BCUT2D eigenvalue weighted by Crippen LogP contribution is 2.40. The second-order valence-electron chi connectivity index (χ2n) is 8.95. The molecular weight excluding hydrogens is 444 g/mol. The van der Waals surface area contributed by atoms with Gasteiger partial charge in [0.1, 0.15) is 11.5 Å². The molecular formula is C24H34N2O6S. The topological polar surface area (TPSA) is 111 Å². The monoisotopic (exact) mass is 478 g/mol. The van der Waals surface area contributed by atoms with Crippen molar-refractivity contribution in [3.63, 3.8) is 0 Å². The third kappa shape index (κ3) is 6.56. The van der Waals surface area contributed by atoms with Gasteiger partial charge in [-0.1, -0.05) is 26.2 Å². The van der Waals surface area contributed by atoms with Gasteiger partial charge in [0.2, 0.25) is 5.91 Å². The van der Waals surface area contributed by atoms with Gasteiger partial charge in [-0.15, -0.1) is 11.3 Å². The minimum atomic E-state index is -1.07. The second kappa shape index (κ2) is 11.6. The number of anilines is 1. The standard InChI is InChI=1S/C24H34N2O6S/c1-4-31-24(30)20-17-11-10-14(2)12-18(17)33-23(20)26-21(28)15(3)32-19(27)13-25-22(29)16-8-6-5-7-9-16/h14-16H,4-13H2,1-3H3,(H,25,29)(H,26,28). The van der Waals surface area contributed by atoms with Gasteiger partial charge < -0.3 is 20.1 Å². The average molecular weight is 479 g/mol. The minimum Gasteiger partial charge on any atom is -0.462 e. The third-order valence-electron chi connectivity index (χ3n) is 6.29. The lowest BCUT2D eigenvalue weighted by molar-refractivity contribution is -0.153. The molecule has 0 aromatic carbocycles. The molecule has 0 bridgehead atoms. The van der Waals surface area contributed by atoms with Crippen molar-refractivity contribution in [3.8, 4) is 0 Å². The Hall–Kier alpha value is -2.42. The van der Waals surface area contributed by atoms with Crippen LogP contribution in [-0.4, -0.2) is 43.0 Å². The number of amides is 2. The Morgan fingerprint density at radius 3 is 2.55 bits per heavy atom. The number of ether oxygens (including phenoxy) is 2. The quantitative estimate of drug-likeness (QED) is 0.552. The van der Waals surface area contributed by atoms with Gasteiger partial charge in [-0.2, -0.15) is 0 Å². The molecule has 2 atom stereocenters. The third-order valence-corrected chi connectivity index (χ3v) is 7.46. The number of fused-ring (bicyclic) bond motifs is 1. The first-order chi connectivity index (χ1) is 15.8. The summed E-state index contributed by atoms with van der Waals surface area (Å²) in [6, 6.07) is 0. The van der Waals surface area contributed by atoms with Gasteiger partial charge >= 0.3 is 11.9 Å². The molecule has 9 heteroatoms. The second-order valence-corrected chi connectivity index (χ2v) is 10.1. The number of hydrogen-bond acceptors (Lipinski definition) is 7. The van der Waals surface area contributed by atoms with Crippen molar-refractivity contribution >= 4 is 40.1 Å². The van der Waals surface area contributed by atoms with E-state index in [4.69, 9.17) is 9.47 Å². The summed E-state index contributed by atoms with van der Waals surface area (Å²) in [4.78, 5) is 50.8. The van der Waals surface area contributed by atoms with E-state index in [1.165, 1.54) is 18.3 Å². The first kappa shape index (κ1) is 25.2. The van der Waals surface area contributed by atoms with Crippen LogP contribution in [0.2, 0.25) is 0 Å². The highest BCUT2D eigenvalue weighted by atomic mass is 32.1. The summed E-state index contributed by atoms with van der Waals surface area (Å²) >= 11 is 1.38. The van der Waals surface area contributed by atoms with Crippen LogP contribution in [0.3, 0.4) is 0 Å². The van der Waals surface area contributed by atoms with E-state index in [1.54, 1.807) is 6.92 Å². The molecule has 0 radical (unpaired) electrons. The van der Waals surface area contributed by atoms with Gasteiger partial charge in [-0.25, -0.2) is 4.79 Å². The molecule has 182 valence electrons. The molecule has 0 spiro atoms. The zero-order chi connectivity index (χ0) is 24.0. The van der Waals surface area contributed by atoms with Crippen molar-refractivity contribution in [1.82, 2.24) is 5.32 Å². The fourth-order valence-corrected chi connectivity index (χ4v) is 5.83. The average Bonchev–Trinajstić information content (AvgIpc) is 3.14. The zero-order valence-corrected chi connectivity index (χ0v) is 20.5. The van der Waals surface area contributed by atoms with Crippen molar-refractivity contribution in [2.75, 3.05) is 18.5 Å². The van der Waals surface area contributed by atoms with Crippen molar-refractivity contribution in [3.05, 3.63) is 16.0 Å². The summed E-state index contributed by atoms with van der Waals surface area (Å²) in [5, 5.41) is 5.81. The largest absolute Gasteiger partial charge is 0.462 e. The fraction of sp³-hybridized carbons (Fsp3) is 0.667. The molecule has 8 nitrogen and oxygen atoms in total. The van der Waals surface area contributed by atoms with E-state index in [1.807, 2.05) is 0 Å². The maximum atomic E-state index is 12.7. The molecule has 1 aromatic heterocycles. The number of carbonyl (C=O) groups is 4. The van der Waals surface area contributed by atoms with Crippen LogP contribution in [0.25, 0.3) is 0 Å². The highest BCUT2D eigenvalue weighted by molar-refractivity contribution is 7.17. The Balaban J connectivity index is 1.58. The fourth-order valence-electron chi connectivity index (χ4n) is 4.43. The molecule has 3 rings (SSSR count). The Kier molecular flexibility index (Phi) is 8.88. The maximum Gasteiger partial charge on any atom is 0.341 e. The predicted octanol–water partition coefficient (Wildman–Crippen LogP) is 3.62. The molecule has 1 aromatic rings. The van der Waals surface area contributed by atoms with Gasteiger partial charge in [0, 0.05) is 10.8 Å². The first-order valence-electron chi connectivity index (χ1n) is 11.9. The van der Waals surface area contributed by atoms with E-state index in [0.717, 1.165) is 61.8 Å². The van der Waals surface area contributed by atoms with Crippen LogP contribution < -0.4 is 10.6 Å². The number of esters is 2. The first-order valence-corrected chi connectivity index (χ1v) is 12.7. The van der Waals surface area contributed by atoms with E-state index in [9.17, 15) is 19.2 Å². The lowest BCUT2D eigenvalue weighted by Crippen LogP contribution is -2.38. The maximum absolute atomic E-state index is 12.7. The van der Waals surface area contributed by atoms with Gasteiger partial charge in [0.15, 0.2) is 6.10 Å². The van der Waals surface area contributed by atoms with Gasteiger partial charge in [0.25, 0.3) is 5.91 Å². The van der Waals surface area contributed by atoms with E-state index >= 15 is 0 Å². The molecule has 1 fully saturated rings. The van der Waals surface area contributed by atoms with E-state index in [2.05, 4.69) is 17.6 Å². The molecule has 2 amide bonds. The van der Waals surface area contributed by atoms with Crippen LogP contribution in [0.1, 0.15) is 80.1 Å². The molecule has 2 N–H and O–H groups in total. The van der Waals surface area contributed by atoms with Crippen LogP contribution in [0.5, 0.6) is 0 Å². The summed E-state index contributed by atoms with van der Waals surface area (Å²) in [6.45, 7) is 5.35. The summed E-state index contributed by atoms with van der Waals surface area (Å²) in [5.74, 6) is -1.33. The van der Waals surface area contributed by atoms with Crippen LogP contribution in [-0.2, 0) is 36.7 Å². The van der Waals surface area contributed by atoms with Gasteiger partial charge in [-0.05, 0) is 57.4 Å². The normalized spacial score (nSPS) is 19.2. The SMILES string of the molecule is CCOC(=O)c1c(NC(=O)C(C)OC(=O)CNC(=O)C2CCCCC2)sc2c1CCC(C)C2. The van der Waals surface area contributed by atoms with E-state index < -0.39 is 23.9 Å². The Labute approximate surface area is 198 Å². The lowest BCUT2D eigenvalue weighted by atomic mass is 9.88. The minimum absolute atomic E-state index is 0.0545. The predicted molar refractivity (Wildman–Crippen MR) is 125 cm³/mol.